The van der Waals surface area contributed by atoms with Crippen molar-refractivity contribution in [2.24, 2.45) is 0 Å². The van der Waals surface area contributed by atoms with Crippen LogP contribution in [0, 0.1) is 6.92 Å². The van der Waals surface area contributed by atoms with Crippen LogP contribution in [0.3, 0.4) is 0 Å². The van der Waals surface area contributed by atoms with Gasteiger partial charge in [-0.1, -0.05) is 6.07 Å². The van der Waals surface area contributed by atoms with Gasteiger partial charge in [0, 0.05) is 19.1 Å². The van der Waals surface area contributed by atoms with E-state index in [1.165, 1.54) is 5.56 Å². The van der Waals surface area contributed by atoms with Crippen LogP contribution in [0.25, 0.3) is 0 Å². The molecule has 2 rings (SSSR count). The lowest BCUT2D eigenvalue weighted by Crippen LogP contribution is -2.43. The number of carbonyl (C=O) groups is 1. The van der Waals surface area contributed by atoms with Gasteiger partial charge >= 0.3 is 5.97 Å². The topological polar surface area (TPSA) is 49.8 Å². The molecule has 1 aliphatic rings. The number of ether oxygens (including phenoxy) is 1. The van der Waals surface area contributed by atoms with Gasteiger partial charge in [0.1, 0.15) is 0 Å². The van der Waals surface area contributed by atoms with Gasteiger partial charge in [-0.3, -0.25) is 4.90 Å². The highest BCUT2D eigenvalue weighted by Gasteiger charge is 2.19. The number of morpholine rings is 1. The molecule has 18 heavy (non-hydrogen) atoms. The van der Waals surface area contributed by atoms with Crippen LogP contribution in [0.1, 0.15) is 28.4 Å². The lowest BCUT2D eigenvalue weighted by atomic mass is 10.0. The molecule has 0 spiro atoms. The van der Waals surface area contributed by atoms with Crippen LogP contribution < -0.4 is 0 Å². The standard InChI is InChI=1S/C14H19NO3/c1-10-7-12(14(16)17)3-4-13(10)8-15-5-6-18-9-11(15)2/h3-4,7,11H,5-6,8-9H2,1-2H3,(H,16,17). The Bertz CT molecular complexity index is 445. The van der Waals surface area contributed by atoms with E-state index in [2.05, 4.69) is 11.8 Å². The van der Waals surface area contributed by atoms with Gasteiger partial charge in [0.2, 0.25) is 0 Å². The number of aryl methyl sites for hydroxylation is 1. The van der Waals surface area contributed by atoms with E-state index in [1.807, 2.05) is 13.0 Å². The average molecular weight is 249 g/mol. The van der Waals surface area contributed by atoms with Crippen molar-refractivity contribution in [3.63, 3.8) is 0 Å². The zero-order valence-corrected chi connectivity index (χ0v) is 10.8. The number of benzene rings is 1. The summed E-state index contributed by atoms with van der Waals surface area (Å²) in [6.07, 6.45) is 0. The van der Waals surface area contributed by atoms with Gasteiger partial charge in [-0.25, -0.2) is 4.79 Å². The molecule has 1 aromatic carbocycles. The van der Waals surface area contributed by atoms with Gasteiger partial charge in [-0.05, 0) is 37.1 Å². The summed E-state index contributed by atoms with van der Waals surface area (Å²) in [5.41, 5.74) is 2.58. The van der Waals surface area contributed by atoms with Gasteiger partial charge in [-0.15, -0.1) is 0 Å². The van der Waals surface area contributed by atoms with Crippen LogP contribution >= 0.6 is 0 Å². The van der Waals surface area contributed by atoms with Gasteiger partial charge < -0.3 is 9.84 Å². The number of nitrogens with zero attached hydrogens (tertiary/aromatic N) is 1. The van der Waals surface area contributed by atoms with Crippen molar-refractivity contribution in [2.75, 3.05) is 19.8 Å². The summed E-state index contributed by atoms with van der Waals surface area (Å²) < 4.78 is 5.41. The maximum absolute atomic E-state index is 10.9. The minimum atomic E-state index is -0.871. The molecule has 98 valence electrons. The third-order valence-electron chi connectivity index (χ3n) is 3.47. The Kier molecular flexibility index (Phi) is 3.99. The molecule has 4 heteroatoms. The quantitative estimate of drug-likeness (QED) is 0.889. The smallest absolute Gasteiger partial charge is 0.335 e. The zero-order valence-electron chi connectivity index (χ0n) is 10.8. The van der Waals surface area contributed by atoms with Crippen LogP contribution in [0.5, 0.6) is 0 Å². The van der Waals surface area contributed by atoms with Crippen LogP contribution in [0.15, 0.2) is 18.2 Å². The fourth-order valence-corrected chi connectivity index (χ4v) is 2.22. The summed E-state index contributed by atoms with van der Waals surface area (Å²) in [7, 11) is 0. The number of carboxylic acid groups (broad SMARTS) is 1. The molecule has 1 saturated heterocycles. The van der Waals surface area contributed by atoms with Gasteiger partial charge in [0.05, 0.1) is 18.8 Å². The lowest BCUT2D eigenvalue weighted by molar-refractivity contribution is -0.00444. The van der Waals surface area contributed by atoms with E-state index in [1.54, 1.807) is 12.1 Å². The van der Waals surface area contributed by atoms with Gasteiger partial charge in [-0.2, -0.15) is 0 Å². The maximum Gasteiger partial charge on any atom is 0.335 e. The molecule has 4 nitrogen and oxygen atoms in total. The second-order valence-corrected chi connectivity index (χ2v) is 4.84. The van der Waals surface area contributed by atoms with Crippen molar-refractivity contribution in [1.82, 2.24) is 4.90 Å². The van der Waals surface area contributed by atoms with E-state index in [9.17, 15) is 4.79 Å². The molecule has 1 heterocycles. The highest BCUT2D eigenvalue weighted by molar-refractivity contribution is 5.87. The van der Waals surface area contributed by atoms with Crippen molar-refractivity contribution in [2.45, 2.75) is 26.4 Å². The largest absolute Gasteiger partial charge is 0.478 e. The number of aromatic carboxylic acids is 1. The van der Waals surface area contributed by atoms with E-state index in [-0.39, 0.29) is 0 Å². The second kappa shape index (κ2) is 5.50. The number of rotatable bonds is 3. The molecule has 1 fully saturated rings. The predicted octanol–water partition coefficient (Wildman–Crippen LogP) is 1.91. The van der Waals surface area contributed by atoms with Crippen LogP contribution in [0.2, 0.25) is 0 Å². The molecule has 0 bridgehead atoms. The van der Waals surface area contributed by atoms with Crippen molar-refractivity contribution in [3.05, 3.63) is 34.9 Å². The first-order chi connectivity index (χ1) is 8.58. The predicted molar refractivity (Wildman–Crippen MR) is 68.8 cm³/mol. The molecule has 1 atom stereocenters. The zero-order chi connectivity index (χ0) is 13.1. The third-order valence-corrected chi connectivity index (χ3v) is 3.47. The molecule has 1 unspecified atom stereocenters. The van der Waals surface area contributed by atoms with E-state index in [0.29, 0.717) is 11.6 Å². The molecule has 0 aliphatic carbocycles. The fraction of sp³-hybridized carbons (Fsp3) is 0.500. The van der Waals surface area contributed by atoms with Crippen molar-refractivity contribution in [1.29, 1.82) is 0 Å². The fourth-order valence-electron chi connectivity index (χ4n) is 2.22. The summed E-state index contributed by atoms with van der Waals surface area (Å²) in [6.45, 7) is 7.45. The molecule has 0 saturated carbocycles. The van der Waals surface area contributed by atoms with Crippen LogP contribution in [-0.4, -0.2) is 41.8 Å². The molecular weight excluding hydrogens is 230 g/mol. The highest BCUT2D eigenvalue weighted by atomic mass is 16.5. The molecule has 0 radical (unpaired) electrons. The van der Waals surface area contributed by atoms with Crippen LogP contribution in [0.4, 0.5) is 0 Å². The van der Waals surface area contributed by atoms with Crippen molar-refractivity contribution < 1.29 is 14.6 Å². The van der Waals surface area contributed by atoms with E-state index in [0.717, 1.165) is 31.9 Å². The molecule has 1 N–H and O–H groups in total. The van der Waals surface area contributed by atoms with Crippen molar-refractivity contribution >= 4 is 5.97 Å². The maximum atomic E-state index is 10.9. The summed E-state index contributed by atoms with van der Waals surface area (Å²) in [6, 6.07) is 5.75. The monoisotopic (exact) mass is 249 g/mol. The molecule has 1 aromatic rings. The number of hydrogen-bond acceptors (Lipinski definition) is 3. The number of carboxylic acids is 1. The summed E-state index contributed by atoms with van der Waals surface area (Å²) >= 11 is 0. The molecule has 0 amide bonds. The Labute approximate surface area is 107 Å². The normalized spacial score (nSPS) is 20.9. The SMILES string of the molecule is Cc1cc(C(=O)O)ccc1CN1CCOCC1C. The van der Waals surface area contributed by atoms with E-state index >= 15 is 0 Å². The van der Waals surface area contributed by atoms with E-state index in [4.69, 9.17) is 9.84 Å². The Balaban J connectivity index is 2.11. The van der Waals surface area contributed by atoms with Gasteiger partial charge in [0.25, 0.3) is 0 Å². The second-order valence-electron chi connectivity index (χ2n) is 4.84. The summed E-state index contributed by atoms with van der Waals surface area (Å²) in [4.78, 5) is 13.2. The van der Waals surface area contributed by atoms with Crippen LogP contribution in [-0.2, 0) is 11.3 Å². The summed E-state index contributed by atoms with van der Waals surface area (Å²) in [5.74, 6) is -0.871. The van der Waals surface area contributed by atoms with Crippen molar-refractivity contribution in [3.8, 4) is 0 Å². The minimum Gasteiger partial charge on any atom is -0.478 e. The van der Waals surface area contributed by atoms with E-state index < -0.39 is 5.97 Å². The van der Waals surface area contributed by atoms with Gasteiger partial charge in [0.15, 0.2) is 0 Å². The Hall–Kier alpha value is -1.39. The summed E-state index contributed by atoms with van der Waals surface area (Å²) in [5, 5.41) is 8.94. The third kappa shape index (κ3) is 2.89. The minimum absolute atomic E-state index is 0.353. The first-order valence-electron chi connectivity index (χ1n) is 6.22. The first-order valence-corrected chi connectivity index (χ1v) is 6.22. The molecule has 0 aromatic heterocycles. The lowest BCUT2D eigenvalue weighted by Gasteiger charge is -2.33. The number of hydrogen-bond donors (Lipinski definition) is 1. The Morgan fingerprint density at radius 2 is 2.33 bits per heavy atom. The first kappa shape index (κ1) is 13.1. The highest BCUT2D eigenvalue weighted by Crippen LogP contribution is 2.16. The Morgan fingerprint density at radius 3 is 2.94 bits per heavy atom. The molecular formula is C14H19NO3. The average Bonchev–Trinajstić information content (AvgIpc) is 2.34. The molecule has 1 aliphatic heterocycles. The Morgan fingerprint density at radius 1 is 1.56 bits per heavy atom.